The van der Waals surface area contributed by atoms with E-state index in [4.69, 9.17) is 9.47 Å². The predicted octanol–water partition coefficient (Wildman–Crippen LogP) is 4.28. The molecule has 0 bridgehead atoms. The maximum absolute atomic E-state index is 14.7. The van der Waals surface area contributed by atoms with E-state index < -0.39 is 35.3 Å². The van der Waals surface area contributed by atoms with Crippen LogP contribution in [-0.4, -0.2) is 42.0 Å². The van der Waals surface area contributed by atoms with E-state index in [9.17, 15) is 32.3 Å². The minimum absolute atomic E-state index is 0.0363. The lowest BCUT2D eigenvalue weighted by molar-refractivity contribution is -0.275. The van der Waals surface area contributed by atoms with Gasteiger partial charge in [0.1, 0.15) is 28.3 Å². The van der Waals surface area contributed by atoms with Gasteiger partial charge in [-0.25, -0.2) is 9.18 Å². The summed E-state index contributed by atoms with van der Waals surface area (Å²) >= 11 is 0. The van der Waals surface area contributed by atoms with Gasteiger partial charge in [0.2, 0.25) is 0 Å². The number of carbonyl (C=O) groups is 2. The highest BCUT2D eigenvalue weighted by molar-refractivity contribution is 5.99. The highest BCUT2D eigenvalue weighted by atomic mass is 19.4. The van der Waals surface area contributed by atoms with Gasteiger partial charge in [0.05, 0.1) is 13.7 Å². The molecule has 1 aliphatic heterocycles. The van der Waals surface area contributed by atoms with Gasteiger partial charge in [-0.05, 0) is 48.0 Å². The SMILES string of the molecule is COc1ccc(C(=O)N[C@]2(c3ccc(OC(F)(F)F)c(F)c3)CCOc3cccnc32)cc1C(=O)O. The zero-order valence-electron chi connectivity index (χ0n) is 18.6. The minimum atomic E-state index is -5.10. The van der Waals surface area contributed by atoms with Gasteiger partial charge >= 0.3 is 12.3 Å². The van der Waals surface area contributed by atoms with E-state index in [0.717, 1.165) is 18.2 Å². The number of carbonyl (C=O) groups excluding carboxylic acids is 1. The summed E-state index contributed by atoms with van der Waals surface area (Å²) in [7, 11) is 1.28. The second-order valence-electron chi connectivity index (χ2n) is 7.72. The number of methoxy groups -OCH3 is 1. The Morgan fingerprint density at radius 1 is 1.14 bits per heavy atom. The number of ether oxygens (including phenoxy) is 3. The number of carboxylic acid groups (broad SMARTS) is 1. The molecular formula is C24H18F4N2O6. The van der Waals surface area contributed by atoms with E-state index in [-0.39, 0.29) is 46.9 Å². The first-order chi connectivity index (χ1) is 17.0. The summed E-state index contributed by atoms with van der Waals surface area (Å²) in [6.07, 6.45) is -3.64. The molecule has 1 aliphatic rings. The maximum atomic E-state index is 14.7. The van der Waals surface area contributed by atoms with E-state index in [1.165, 1.54) is 31.5 Å². The standard InChI is InChI=1S/C24H18F4N2O6/c1-34-17-6-4-13(11-15(17)22(32)33)21(31)30-23(8-10-35-19-3-2-9-29-20(19)23)14-5-7-18(16(25)12-14)36-24(26,27)28/h2-7,9,11-12H,8,10H2,1H3,(H,30,31)(H,32,33)/t23-/m0/s1. The zero-order chi connectivity index (χ0) is 26.1. The Hall–Kier alpha value is -4.35. The zero-order valence-corrected chi connectivity index (χ0v) is 18.6. The first-order valence-corrected chi connectivity index (χ1v) is 10.4. The van der Waals surface area contributed by atoms with Crippen molar-refractivity contribution in [3.05, 3.63) is 82.9 Å². The summed E-state index contributed by atoms with van der Waals surface area (Å²) in [5.74, 6) is -4.09. The van der Waals surface area contributed by atoms with Crippen molar-refractivity contribution < 1.29 is 46.5 Å². The van der Waals surface area contributed by atoms with Crippen molar-refractivity contribution in [2.45, 2.75) is 18.3 Å². The van der Waals surface area contributed by atoms with E-state index in [1.54, 1.807) is 12.1 Å². The highest BCUT2D eigenvalue weighted by Gasteiger charge is 2.43. The quantitative estimate of drug-likeness (QED) is 0.481. The van der Waals surface area contributed by atoms with Gasteiger partial charge < -0.3 is 24.6 Å². The number of aromatic nitrogens is 1. The van der Waals surface area contributed by atoms with Gasteiger partial charge in [0, 0.05) is 18.2 Å². The highest BCUT2D eigenvalue weighted by Crippen LogP contribution is 2.42. The summed E-state index contributed by atoms with van der Waals surface area (Å²) in [5.41, 5.74) is -1.55. The van der Waals surface area contributed by atoms with E-state index >= 15 is 0 Å². The van der Waals surface area contributed by atoms with Gasteiger partial charge in [-0.15, -0.1) is 13.2 Å². The van der Waals surface area contributed by atoms with Crippen molar-refractivity contribution in [3.8, 4) is 17.2 Å². The van der Waals surface area contributed by atoms with Crippen LogP contribution in [0.2, 0.25) is 0 Å². The first-order valence-electron chi connectivity index (χ1n) is 10.4. The molecule has 0 aliphatic carbocycles. The second-order valence-corrected chi connectivity index (χ2v) is 7.72. The third-order valence-corrected chi connectivity index (χ3v) is 5.58. The fraction of sp³-hybridized carbons (Fsp3) is 0.208. The van der Waals surface area contributed by atoms with Crippen LogP contribution in [0, 0.1) is 5.82 Å². The number of nitrogens with zero attached hydrogens (tertiary/aromatic N) is 1. The van der Waals surface area contributed by atoms with Crippen molar-refractivity contribution in [3.63, 3.8) is 0 Å². The number of fused-ring (bicyclic) bond motifs is 1. The van der Waals surface area contributed by atoms with E-state index in [0.29, 0.717) is 0 Å². The number of amides is 1. The number of aromatic carboxylic acids is 1. The van der Waals surface area contributed by atoms with Crippen molar-refractivity contribution in [1.82, 2.24) is 10.3 Å². The smallest absolute Gasteiger partial charge is 0.496 e. The van der Waals surface area contributed by atoms with Gasteiger partial charge in [-0.1, -0.05) is 6.07 Å². The Morgan fingerprint density at radius 2 is 1.89 bits per heavy atom. The Morgan fingerprint density at radius 3 is 2.56 bits per heavy atom. The molecule has 0 spiro atoms. The second kappa shape index (κ2) is 9.36. The number of halogens is 4. The van der Waals surface area contributed by atoms with Crippen LogP contribution in [0.15, 0.2) is 54.7 Å². The number of hydrogen-bond donors (Lipinski definition) is 2. The third kappa shape index (κ3) is 4.74. The molecule has 4 rings (SSSR count). The van der Waals surface area contributed by atoms with Crippen LogP contribution in [0.4, 0.5) is 17.6 Å². The summed E-state index contributed by atoms with van der Waals surface area (Å²) < 4.78 is 66.9. The molecule has 1 aromatic heterocycles. The number of carboxylic acids is 1. The Bertz CT molecular complexity index is 1330. The van der Waals surface area contributed by atoms with Gasteiger partial charge in [-0.2, -0.15) is 0 Å². The molecule has 188 valence electrons. The van der Waals surface area contributed by atoms with Crippen LogP contribution < -0.4 is 19.5 Å². The topological polar surface area (TPSA) is 107 Å². The molecule has 0 unspecified atom stereocenters. The number of nitrogens with one attached hydrogen (secondary N) is 1. The lowest BCUT2D eigenvalue weighted by Gasteiger charge is -2.39. The maximum Gasteiger partial charge on any atom is 0.573 e. The van der Waals surface area contributed by atoms with Crippen molar-refractivity contribution in [2.75, 3.05) is 13.7 Å². The number of benzene rings is 2. The fourth-order valence-corrected chi connectivity index (χ4v) is 3.99. The molecule has 0 saturated carbocycles. The van der Waals surface area contributed by atoms with Gasteiger partial charge in [-0.3, -0.25) is 9.78 Å². The Balaban J connectivity index is 1.81. The number of alkyl halides is 3. The normalized spacial score (nSPS) is 16.9. The molecule has 0 saturated heterocycles. The molecule has 12 heteroatoms. The fourth-order valence-electron chi connectivity index (χ4n) is 3.99. The lowest BCUT2D eigenvalue weighted by Crippen LogP contribution is -2.50. The molecule has 2 heterocycles. The molecule has 1 atom stereocenters. The number of hydrogen-bond acceptors (Lipinski definition) is 6. The van der Waals surface area contributed by atoms with Crippen molar-refractivity contribution in [2.24, 2.45) is 0 Å². The number of rotatable bonds is 6. The molecular weight excluding hydrogens is 488 g/mol. The molecule has 8 nitrogen and oxygen atoms in total. The average Bonchev–Trinajstić information content (AvgIpc) is 2.84. The summed E-state index contributed by atoms with van der Waals surface area (Å²) in [4.78, 5) is 29.2. The molecule has 2 aromatic carbocycles. The largest absolute Gasteiger partial charge is 0.573 e. The predicted molar refractivity (Wildman–Crippen MR) is 116 cm³/mol. The lowest BCUT2D eigenvalue weighted by atomic mass is 9.81. The first kappa shape index (κ1) is 24.8. The molecule has 36 heavy (non-hydrogen) atoms. The summed E-state index contributed by atoms with van der Waals surface area (Å²) in [5, 5.41) is 12.2. The van der Waals surface area contributed by atoms with E-state index in [1.807, 2.05) is 0 Å². The molecule has 0 radical (unpaired) electrons. The van der Waals surface area contributed by atoms with Crippen LogP contribution in [-0.2, 0) is 5.54 Å². The monoisotopic (exact) mass is 506 g/mol. The van der Waals surface area contributed by atoms with Crippen LogP contribution in [0.25, 0.3) is 0 Å². The van der Waals surface area contributed by atoms with Crippen LogP contribution >= 0.6 is 0 Å². The Kier molecular flexibility index (Phi) is 6.44. The van der Waals surface area contributed by atoms with Gasteiger partial charge in [0.25, 0.3) is 5.91 Å². The molecule has 1 amide bonds. The van der Waals surface area contributed by atoms with Crippen molar-refractivity contribution in [1.29, 1.82) is 0 Å². The van der Waals surface area contributed by atoms with Crippen molar-refractivity contribution >= 4 is 11.9 Å². The average molecular weight is 506 g/mol. The number of pyridine rings is 1. The Labute approximate surface area is 201 Å². The van der Waals surface area contributed by atoms with Crippen LogP contribution in [0.5, 0.6) is 17.2 Å². The molecule has 3 aromatic rings. The summed E-state index contributed by atoms with van der Waals surface area (Å²) in [6.45, 7) is 0.0599. The molecule has 2 N–H and O–H groups in total. The summed E-state index contributed by atoms with van der Waals surface area (Å²) in [6, 6.07) is 9.74. The minimum Gasteiger partial charge on any atom is -0.496 e. The molecule has 0 fully saturated rings. The van der Waals surface area contributed by atoms with Crippen LogP contribution in [0.3, 0.4) is 0 Å². The van der Waals surface area contributed by atoms with Crippen LogP contribution in [0.1, 0.15) is 38.4 Å². The third-order valence-electron chi connectivity index (χ3n) is 5.58. The van der Waals surface area contributed by atoms with Gasteiger partial charge in [0.15, 0.2) is 11.6 Å². The van der Waals surface area contributed by atoms with E-state index in [2.05, 4.69) is 15.0 Å².